The number of methoxy groups -OCH3 is 1. The zero-order valence-corrected chi connectivity index (χ0v) is 12.1. The normalized spacial score (nSPS) is 10.6. The molecule has 0 heterocycles. The summed E-state index contributed by atoms with van der Waals surface area (Å²) in [4.78, 5) is 26.9. The Morgan fingerprint density at radius 3 is 2.80 bits per heavy atom. The first-order chi connectivity index (χ1) is 9.58. The molecule has 0 saturated heterocycles. The molecule has 5 nitrogen and oxygen atoms in total. The number of halogens is 1. The van der Waals surface area contributed by atoms with Gasteiger partial charge in [0.05, 0.1) is 25.0 Å². The highest BCUT2D eigenvalue weighted by molar-refractivity contribution is 6.31. The van der Waals surface area contributed by atoms with Crippen molar-refractivity contribution in [2.75, 3.05) is 13.7 Å². The minimum atomic E-state index is -0.561. The minimum absolute atomic E-state index is 0.231. The molecule has 108 valence electrons. The Kier molecular flexibility index (Phi) is 6.73. The summed E-state index contributed by atoms with van der Waals surface area (Å²) < 4.78 is 9.55. The van der Waals surface area contributed by atoms with Crippen LogP contribution in [-0.4, -0.2) is 31.9 Å². The molecule has 0 amide bonds. The molecule has 0 saturated carbocycles. The van der Waals surface area contributed by atoms with E-state index in [2.05, 4.69) is 9.73 Å². The van der Waals surface area contributed by atoms with E-state index in [0.29, 0.717) is 11.6 Å². The molecule has 1 aromatic rings. The van der Waals surface area contributed by atoms with Crippen molar-refractivity contribution in [2.24, 2.45) is 4.99 Å². The average Bonchev–Trinajstić information content (AvgIpc) is 2.44. The number of carbonyl (C=O) groups excluding carboxylic acids is 2. The van der Waals surface area contributed by atoms with E-state index in [4.69, 9.17) is 16.3 Å². The molecular weight excluding hydrogens is 282 g/mol. The summed E-state index contributed by atoms with van der Waals surface area (Å²) in [5.74, 6) is -1.11. The van der Waals surface area contributed by atoms with Crippen molar-refractivity contribution < 1.29 is 19.1 Å². The topological polar surface area (TPSA) is 65.0 Å². The summed E-state index contributed by atoms with van der Waals surface area (Å²) >= 11 is 5.84. The predicted molar refractivity (Wildman–Crippen MR) is 76.8 cm³/mol. The van der Waals surface area contributed by atoms with Gasteiger partial charge in [-0.05, 0) is 24.6 Å². The monoisotopic (exact) mass is 297 g/mol. The summed E-state index contributed by atoms with van der Waals surface area (Å²) in [6.07, 6.45) is 2.75. The third kappa shape index (κ3) is 5.01. The van der Waals surface area contributed by atoms with Gasteiger partial charge >= 0.3 is 11.9 Å². The van der Waals surface area contributed by atoms with Crippen LogP contribution in [0.4, 0.5) is 5.69 Å². The smallest absolute Gasteiger partial charge is 0.349 e. The summed E-state index contributed by atoms with van der Waals surface area (Å²) in [5, 5.41) is 0.407. The number of aliphatic imine (C=N–C) groups is 1. The van der Waals surface area contributed by atoms with E-state index in [1.165, 1.54) is 19.2 Å². The molecule has 0 fully saturated rings. The van der Waals surface area contributed by atoms with Crippen molar-refractivity contribution in [3.8, 4) is 0 Å². The maximum atomic E-state index is 11.5. The van der Waals surface area contributed by atoms with Gasteiger partial charge in [0, 0.05) is 5.02 Å². The Bertz CT molecular complexity index is 514. The molecule has 0 bridgehead atoms. The van der Waals surface area contributed by atoms with Crippen molar-refractivity contribution in [3.63, 3.8) is 0 Å². The van der Waals surface area contributed by atoms with E-state index in [1.54, 1.807) is 6.07 Å². The number of hydrogen-bond donors (Lipinski definition) is 0. The second-order valence-corrected chi connectivity index (χ2v) is 4.37. The standard InChI is InChI=1S/C14H16ClNO4/c1-3-4-7-20-13(17)9-16-12-8-10(15)5-6-11(12)14(18)19-2/h5-6,8-9H,3-4,7H2,1-2H3. The predicted octanol–water partition coefficient (Wildman–Crippen LogP) is 3.17. The van der Waals surface area contributed by atoms with Crippen LogP contribution >= 0.6 is 11.6 Å². The molecule has 0 unspecified atom stereocenters. The summed E-state index contributed by atoms with van der Waals surface area (Å²) in [6.45, 7) is 2.34. The molecule has 1 rings (SSSR count). The summed E-state index contributed by atoms with van der Waals surface area (Å²) in [5.41, 5.74) is 0.492. The second-order valence-electron chi connectivity index (χ2n) is 3.93. The van der Waals surface area contributed by atoms with Gasteiger partial charge in [-0.2, -0.15) is 0 Å². The van der Waals surface area contributed by atoms with Crippen LogP contribution in [-0.2, 0) is 14.3 Å². The van der Waals surface area contributed by atoms with Crippen molar-refractivity contribution in [2.45, 2.75) is 19.8 Å². The fourth-order valence-corrected chi connectivity index (χ4v) is 1.54. The van der Waals surface area contributed by atoms with Crippen LogP contribution in [0.5, 0.6) is 0 Å². The molecule has 20 heavy (non-hydrogen) atoms. The highest BCUT2D eigenvalue weighted by Gasteiger charge is 2.11. The van der Waals surface area contributed by atoms with Gasteiger partial charge in [-0.3, -0.25) is 0 Å². The Balaban J connectivity index is 2.82. The maximum absolute atomic E-state index is 11.5. The van der Waals surface area contributed by atoms with E-state index in [0.717, 1.165) is 19.1 Å². The molecule has 0 aliphatic carbocycles. The number of carbonyl (C=O) groups is 2. The van der Waals surface area contributed by atoms with Crippen LogP contribution in [0.3, 0.4) is 0 Å². The summed E-state index contributed by atoms with van der Waals surface area (Å²) in [6, 6.07) is 4.51. The third-order valence-corrected chi connectivity index (χ3v) is 2.65. The van der Waals surface area contributed by atoms with Crippen LogP contribution < -0.4 is 0 Å². The minimum Gasteiger partial charge on any atom is -0.465 e. The van der Waals surface area contributed by atoms with E-state index in [-0.39, 0.29) is 11.3 Å². The number of ether oxygens (including phenoxy) is 2. The van der Waals surface area contributed by atoms with Crippen LogP contribution in [0.25, 0.3) is 0 Å². The molecule has 1 aromatic carbocycles. The third-order valence-electron chi connectivity index (χ3n) is 2.42. The number of hydrogen-bond acceptors (Lipinski definition) is 5. The maximum Gasteiger partial charge on any atom is 0.349 e. The molecule has 0 atom stereocenters. The Labute approximate surface area is 122 Å². The van der Waals surface area contributed by atoms with E-state index in [1.807, 2.05) is 6.92 Å². The fourth-order valence-electron chi connectivity index (χ4n) is 1.37. The van der Waals surface area contributed by atoms with Gasteiger partial charge in [0.1, 0.15) is 6.21 Å². The van der Waals surface area contributed by atoms with Gasteiger partial charge in [-0.25, -0.2) is 14.6 Å². The second kappa shape index (κ2) is 8.32. The Hall–Kier alpha value is -1.88. The molecular formula is C14H16ClNO4. The number of nitrogens with zero attached hydrogens (tertiary/aromatic N) is 1. The molecule has 0 aromatic heterocycles. The average molecular weight is 298 g/mol. The number of unbranched alkanes of at least 4 members (excludes halogenated alkanes) is 1. The van der Waals surface area contributed by atoms with E-state index in [9.17, 15) is 9.59 Å². The van der Waals surface area contributed by atoms with Gasteiger partial charge in [-0.1, -0.05) is 24.9 Å². The van der Waals surface area contributed by atoms with Gasteiger partial charge in [0.15, 0.2) is 0 Å². The Morgan fingerprint density at radius 1 is 1.40 bits per heavy atom. The van der Waals surface area contributed by atoms with Crippen LogP contribution in [0.1, 0.15) is 30.1 Å². The molecule has 0 aliphatic rings. The first kappa shape index (κ1) is 16.2. The van der Waals surface area contributed by atoms with Crippen molar-refractivity contribution in [1.82, 2.24) is 0 Å². The van der Waals surface area contributed by atoms with E-state index < -0.39 is 11.9 Å². The zero-order chi connectivity index (χ0) is 15.0. The molecule has 0 aliphatic heterocycles. The zero-order valence-electron chi connectivity index (χ0n) is 11.4. The fraction of sp³-hybridized carbons (Fsp3) is 0.357. The number of rotatable bonds is 6. The first-order valence-electron chi connectivity index (χ1n) is 6.17. The number of benzene rings is 1. The lowest BCUT2D eigenvalue weighted by Crippen LogP contribution is -2.07. The van der Waals surface area contributed by atoms with Crippen LogP contribution in [0.15, 0.2) is 23.2 Å². The lowest BCUT2D eigenvalue weighted by atomic mass is 10.2. The largest absolute Gasteiger partial charge is 0.465 e. The van der Waals surface area contributed by atoms with Gasteiger partial charge < -0.3 is 9.47 Å². The van der Waals surface area contributed by atoms with E-state index >= 15 is 0 Å². The SMILES string of the molecule is CCCCOC(=O)C=Nc1cc(Cl)ccc1C(=O)OC. The van der Waals surface area contributed by atoms with Crippen molar-refractivity contribution in [3.05, 3.63) is 28.8 Å². The van der Waals surface area contributed by atoms with Crippen LogP contribution in [0.2, 0.25) is 5.02 Å². The highest BCUT2D eigenvalue weighted by Crippen LogP contribution is 2.24. The summed E-state index contributed by atoms with van der Waals surface area (Å²) in [7, 11) is 1.27. The molecule has 0 radical (unpaired) electrons. The molecule has 0 N–H and O–H groups in total. The van der Waals surface area contributed by atoms with Gasteiger partial charge in [0.2, 0.25) is 0 Å². The lowest BCUT2D eigenvalue weighted by molar-refractivity contribution is -0.135. The Morgan fingerprint density at radius 2 is 2.15 bits per heavy atom. The van der Waals surface area contributed by atoms with Gasteiger partial charge in [0.25, 0.3) is 0 Å². The molecule has 6 heteroatoms. The van der Waals surface area contributed by atoms with Crippen molar-refractivity contribution in [1.29, 1.82) is 0 Å². The number of esters is 2. The molecule has 0 spiro atoms. The first-order valence-corrected chi connectivity index (χ1v) is 6.55. The van der Waals surface area contributed by atoms with Gasteiger partial charge in [-0.15, -0.1) is 0 Å². The highest BCUT2D eigenvalue weighted by atomic mass is 35.5. The quantitative estimate of drug-likeness (QED) is 0.459. The van der Waals surface area contributed by atoms with Crippen molar-refractivity contribution >= 4 is 35.4 Å². The lowest BCUT2D eigenvalue weighted by Gasteiger charge is -2.04. The van der Waals surface area contributed by atoms with Crippen LogP contribution in [0, 0.1) is 0 Å².